The molecule has 26 heavy (non-hydrogen) atoms. The maximum Gasteiger partial charge on any atom is 0.309 e. The zero-order valence-electron chi connectivity index (χ0n) is 18.3. The van der Waals surface area contributed by atoms with E-state index >= 15 is 0 Å². The number of carbonyl (C=O) groups is 2. The SMILES string of the molecule is CC(C)CC(C)(C)CC(CCCC(=O)O)(CC(C)(C)CC(C)C)C(=O)O. The lowest BCUT2D eigenvalue weighted by Gasteiger charge is -2.43. The molecule has 0 aromatic heterocycles. The lowest BCUT2D eigenvalue weighted by Crippen LogP contribution is -2.40. The molecule has 0 heterocycles. The number of aliphatic carboxylic acids is 2. The van der Waals surface area contributed by atoms with E-state index in [1.807, 2.05) is 0 Å². The van der Waals surface area contributed by atoms with E-state index in [-0.39, 0.29) is 17.3 Å². The molecule has 0 amide bonds. The van der Waals surface area contributed by atoms with E-state index in [1.165, 1.54) is 0 Å². The number of carboxylic acids is 2. The molecule has 0 saturated heterocycles. The van der Waals surface area contributed by atoms with Crippen molar-refractivity contribution in [1.29, 1.82) is 0 Å². The van der Waals surface area contributed by atoms with Crippen LogP contribution in [0.1, 0.15) is 100 Å². The highest BCUT2D eigenvalue weighted by atomic mass is 16.4. The molecule has 0 aliphatic carbocycles. The summed E-state index contributed by atoms with van der Waals surface area (Å²) in [5.74, 6) is -0.623. The van der Waals surface area contributed by atoms with Crippen molar-refractivity contribution in [3.8, 4) is 0 Å². The first-order valence-electron chi connectivity index (χ1n) is 10.1. The summed E-state index contributed by atoms with van der Waals surface area (Å²) in [6.07, 6.45) is 3.99. The van der Waals surface area contributed by atoms with Crippen LogP contribution in [0.2, 0.25) is 0 Å². The van der Waals surface area contributed by atoms with Gasteiger partial charge in [-0.1, -0.05) is 55.4 Å². The summed E-state index contributed by atoms with van der Waals surface area (Å²) in [7, 11) is 0. The molecule has 154 valence electrons. The second kappa shape index (κ2) is 9.75. The van der Waals surface area contributed by atoms with E-state index in [0.717, 1.165) is 12.8 Å². The third-order valence-electron chi connectivity index (χ3n) is 5.06. The average Bonchev–Trinajstić information content (AvgIpc) is 2.32. The first-order valence-corrected chi connectivity index (χ1v) is 10.1. The lowest BCUT2D eigenvalue weighted by atomic mass is 9.61. The predicted molar refractivity (Wildman–Crippen MR) is 107 cm³/mol. The van der Waals surface area contributed by atoms with E-state index in [4.69, 9.17) is 5.11 Å². The van der Waals surface area contributed by atoms with Crippen LogP contribution < -0.4 is 0 Å². The van der Waals surface area contributed by atoms with Crippen molar-refractivity contribution in [2.75, 3.05) is 0 Å². The molecule has 0 aromatic rings. The molecule has 0 unspecified atom stereocenters. The highest BCUT2D eigenvalue weighted by Crippen LogP contribution is 2.49. The van der Waals surface area contributed by atoms with Crippen molar-refractivity contribution in [2.45, 2.75) is 100 Å². The lowest BCUT2D eigenvalue weighted by molar-refractivity contribution is -0.155. The average molecular weight is 371 g/mol. The van der Waals surface area contributed by atoms with Crippen molar-refractivity contribution < 1.29 is 19.8 Å². The zero-order chi connectivity index (χ0) is 20.8. The van der Waals surface area contributed by atoms with E-state index in [0.29, 0.717) is 37.5 Å². The maximum absolute atomic E-state index is 12.5. The van der Waals surface area contributed by atoms with Gasteiger partial charge in [0, 0.05) is 6.42 Å². The molecule has 0 saturated carbocycles. The highest BCUT2D eigenvalue weighted by Gasteiger charge is 2.46. The molecular formula is C22H42O4. The largest absolute Gasteiger partial charge is 0.481 e. The quantitative estimate of drug-likeness (QED) is 0.402. The van der Waals surface area contributed by atoms with Gasteiger partial charge >= 0.3 is 11.9 Å². The summed E-state index contributed by atoms with van der Waals surface area (Å²) >= 11 is 0. The Bertz CT molecular complexity index is 437. The molecule has 0 aliphatic heterocycles. The molecular weight excluding hydrogens is 328 g/mol. The van der Waals surface area contributed by atoms with Crippen LogP contribution in [0.25, 0.3) is 0 Å². The minimum Gasteiger partial charge on any atom is -0.481 e. The van der Waals surface area contributed by atoms with E-state index in [2.05, 4.69) is 55.4 Å². The fourth-order valence-electron chi connectivity index (χ4n) is 5.26. The highest BCUT2D eigenvalue weighted by molar-refractivity contribution is 5.75. The molecule has 2 N–H and O–H groups in total. The fraction of sp³-hybridized carbons (Fsp3) is 0.909. The minimum atomic E-state index is -0.869. The van der Waals surface area contributed by atoms with Gasteiger partial charge in [0.1, 0.15) is 0 Å². The predicted octanol–water partition coefficient (Wildman–Crippen LogP) is 6.24. The number of hydrogen-bond acceptors (Lipinski definition) is 2. The van der Waals surface area contributed by atoms with E-state index in [1.54, 1.807) is 0 Å². The molecule has 0 atom stereocenters. The van der Waals surface area contributed by atoms with Crippen LogP contribution in [-0.2, 0) is 9.59 Å². The van der Waals surface area contributed by atoms with Crippen LogP contribution >= 0.6 is 0 Å². The van der Waals surface area contributed by atoms with Gasteiger partial charge in [-0.2, -0.15) is 0 Å². The molecule has 0 aromatic carbocycles. The molecule has 0 aliphatic rings. The summed E-state index contributed by atoms with van der Waals surface area (Å²) < 4.78 is 0. The second-order valence-corrected chi connectivity index (χ2v) is 10.7. The van der Waals surface area contributed by atoms with Crippen molar-refractivity contribution in [3.63, 3.8) is 0 Å². The van der Waals surface area contributed by atoms with Crippen molar-refractivity contribution >= 4 is 11.9 Å². The minimum absolute atomic E-state index is 0.0320. The number of hydrogen-bond donors (Lipinski definition) is 2. The van der Waals surface area contributed by atoms with Crippen molar-refractivity contribution in [3.05, 3.63) is 0 Å². The molecule has 0 fully saturated rings. The van der Waals surface area contributed by atoms with Crippen molar-refractivity contribution in [1.82, 2.24) is 0 Å². The summed E-state index contributed by atoms with van der Waals surface area (Å²) in [6.45, 7) is 17.3. The Morgan fingerprint density at radius 3 is 1.46 bits per heavy atom. The van der Waals surface area contributed by atoms with Gasteiger partial charge < -0.3 is 10.2 Å². The van der Waals surface area contributed by atoms with Crippen molar-refractivity contribution in [2.24, 2.45) is 28.1 Å². The fourth-order valence-corrected chi connectivity index (χ4v) is 5.26. The molecule has 0 radical (unpaired) electrons. The van der Waals surface area contributed by atoms with Crippen LogP contribution in [0.5, 0.6) is 0 Å². The zero-order valence-corrected chi connectivity index (χ0v) is 18.3. The monoisotopic (exact) mass is 370 g/mol. The summed E-state index contributed by atoms with van der Waals surface area (Å²) in [5, 5.41) is 19.2. The Labute approximate surface area is 160 Å². The van der Waals surface area contributed by atoms with Gasteiger partial charge in [0.15, 0.2) is 0 Å². The molecule has 4 heteroatoms. The van der Waals surface area contributed by atoms with Crippen LogP contribution in [0.3, 0.4) is 0 Å². The standard InChI is InChI=1S/C22H42O4/c1-16(2)12-20(5,6)14-22(19(25)26,11-9-10-18(23)24)15-21(7,8)13-17(3)4/h16-17H,9-15H2,1-8H3,(H,23,24)(H,25,26). The van der Waals surface area contributed by atoms with Gasteiger partial charge in [0.05, 0.1) is 5.41 Å². The Kier molecular flexibility index (Phi) is 9.36. The normalized spacial score (nSPS) is 13.5. The van der Waals surface area contributed by atoms with Gasteiger partial charge in [-0.3, -0.25) is 9.59 Å². The van der Waals surface area contributed by atoms with Gasteiger partial charge in [0.2, 0.25) is 0 Å². The third-order valence-corrected chi connectivity index (χ3v) is 5.06. The van der Waals surface area contributed by atoms with Crippen LogP contribution in [0, 0.1) is 28.1 Å². The summed E-state index contributed by atoms with van der Waals surface area (Å²) in [4.78, 5) is 23.4. The second-order valence-electron chi connectivity index (χ2n) is 10.7. The van der Waals surface area contributed by atoms with Gasteiger partial charge in [-0.05, 0) is 61.2 Å². The topological polar surface area (TPSA) is 74.6 Å². The number of rotatable bonds is 13. The molecule has 0 bridgehead atoms. The number of carboxylic acid groups (broad SMARTS) is 2. The Morgan fingerprint density at radius 2 is 1.19 bits per heavy atom. The van der Waals surface area contributed by atoms with Crippen LogP contribution in [0.15, 0.2) is 0 Å². The first kappa shape index (κ1) is 24.9. The van der Waals surface area contributed by atoms with E-state index < -0.39 is 17.4 Å². The maximum atomic E-state index is 12.5. The Hall–Kier alpha value is -1.06. The molecule has 4 nitrogen and oxygen atoms in total. The third kappa shape index (κ3) is 9.59. The van der Waals surface area contributed by atoms with Gasteiger partial charge in [-0.25, -0.2) is 0 Å². The smallest absolute Gasteiger partial charge is 0.309 e. The Balaban J connectivity index is 5.68. The van der Waals surface area contributed by atoms with Gasteiger partial charge in [-0.15, -0.1) is 0 Å². The van der Waals surface area contributed by atoms with Crippen LogP contribution in [0.4, 0.5) is 0 Å². The molecule has 0 spiro atoms. The Morgan fingerprint density at radius 1 is 0.808 bits per heavy atom. The van der Waals surface area contributed by atoms with Crippen LogP contribution in [-0.4, -0.2) is 22.2 Å². The first-order chi connectivity index (χ1) is 11.6. The van der Waals surface area contributed by atoms with E-state index in [9.17, 15) is 14.7 Å². The van der Waals surface area contributed by atoms with Gasteiger partial charge in [0.25, 0.3) is 0 Å². The summed E-state index contributed by atoms with van der Waals surface area (Å²) in [6, 6.07) is 0. The molecule has 0 rings (SSSR count). The summed E-state index contributed by atoms with van der Waals surface area (Å²) in [5.41, 5.74) is -1.06.